The van der Waals surface area contributed by atoms with E-state index in [4.69, 9.17) is 11.6 Å². The number of aromatic nitrogens is 1. The zero-order valence-electron chi connectivity index (χ0n) is 12.9. The highest BCUT2D eigenvalue weighted by Crippen LogP contribution is 2.25. The number of alkyl halides is 3. The molecule has 0 saturated carbocycles. The van der Waals surface area contributed by atoms with Crippen molar-refractivity contribution in [3.05, 3.63) is 52.2 Å². The molecule has 2 rings (SSSR count). The molecule has 1 N–H and O–H groups in total. The van der Waals surface area contributed by atoms with Crippen LogP contribution >= 0.6 is 11.6 Å². The maximum atomic E-state index is 12.2. The molecule has 0 bridgehead atoms. The molecule has 0 saturated heterocycles. The molecule has 0 aliphatic heterocycles. The Labute approximate surface area is 141 Å². The Bertz CT molecular complexity index is 763. The SMILES string of the molecule is Cc1ccc(C)c(NC(=O)c2cnc(OCC(F)(F)F)c(Cl)c2)c1. The molecule has 1 aromatic carbocycles. The number of benzene rings is 1. The summed E-state index contributed by atoms with van der Waals surface area (Å²) in [5.74, 6) is -0.849. The molecule has 0 aliphatic carbocycles. The minimum atomic E-state index is -4.50. The topological polar surface area (TPSA) is 51.2 Å². The number of ether oxygens (including phenoxy) is 1. The van der Waals surface area contributed by atoms with Gasteiger partial charge >= 0.3 is 6.18 Å². The molecule has 0 atom stereocenters. The zero-order chi connectivity index (χ0) is 17.9. The largest absolute Gasteiger partial charge is 0.467 e. The van der Waals surface area contributed by atoms with Crippen molar-refractivity contribution in [2.45, 2.75) is 20.0 Å². The van der Waals surface area contributed by atoms with Gasteiger partial charge in [-0.1, -0.05) is 23.7 Å². The number of nitrogens with zero attached hydrogens (tertiary/aromatic N) is 1. The monoisotopic (exact) mass is 358 g/mol. The second-order valence-corrected chi connectivity index (χ2v) is 5.59. The summed E-state index contributed by atoms with van der Waals surface area (Å²) in [5.41, 5.74) is 2.59. The Hall–Kier alpha value is -2.28. The summed E-state index contributed by atoms with van der Waals surface area (Å²) >= 11 is 5.83. The standard InChI is InChI=1S/C16H14ClF3N2O2/c1-9-3-4-10(2)13(5-9)22-14(23)11-6-12(17)15(21-7-11)24-8-16(18,19)20/h3-7H,8H2,1-2H3,(H,22,23). The van der Waals surface area contributed by atoms with Gasteiger partial charge in [-0.25, -0.2) is 4.98 Å². The third-order valence-electron chi connectivity index (χ3n) is 3.08. The van der Waals surface area contributed by atoms with E-state index in [1.807, 2.05) is 32.0 Å². The van der Waals surface area contributed by atoms with Gasteiger partial charge in [0.25, 0.3) is 5.91 Å². The molecule has 4 nitrogen and oxygen atoms in total. The van der Waals surface area contributed by atoms with Crippen LogP contribution in [0.3, 0.4) is 0 Å². The van der Waals surface area contributed by atoms with Crippen LogP contribution in [0.4, 0.5) is 18.9 Å². The molecule has 1 amide bonds. The number of carbonyl (C=O) groups excluding carboxylic acids is 1. The van der Waals surface area contributed by atoms with E-state index in [0.717, 1.165) is 17.3 Å². The third kappa shape index (κ3) is 4.86. The van der Waals surface area contributed by atoms with Crippen LogP contribution in [0.1, 0.15) is 21.5 Å². The van der Waals surface area contributed by atoms with Crippen molar-refractivity contribution in [3.63, 3.8) is 0 Å². The van der Waals surface area contributed by atoms with Crippen molar-refractivity contribution < 1.29 is 22.7 Å². The molecule has 0 aliphatic rings. The Balaban J connectivity index is 2.13. The van der Waals surface area contributed by atoms with Crippen LogP contribution in [0.15, 0.2) is 30.5 Å². The van der Waals surface area contributed by atoms with E-state index in [0.29, 0.717) is 5.69 Å². The van der Waals surface area contributed by atoms with E-state index in [-0.39, 0.29) is 16.5 Å². The minimum Gasteiger partial charge on any atom is -0.467 e. The van der Waals surface area contributed by atoms with Crippen molar-refractivity contribution in [2.75, 3.05) is 11.9 Å². The molecular weight excluding hydrogens is 345 g/mol. The molecule has 8 heteroatoms. The zero-order valence-corrected chi connectivity index (χ0v) is 13.6. The molecule has 24 heavy (non-hydrogen) atoms. The Morgan fingerprint density at radius 1 is 1.29 bits per heavy atom. The van der Waals surface area contributed by atoms with Gasteiger partial charge < -0.3 is 10.1 Å². The first-order chi connectivity index (χ1) is 11.2. The van der Waals surface area contributed by atoms with Crippen molar-refractivity contribution in [1.82, 2.24) is 4.98 Å². The summed E-state index contributed by atoms with van der Waals surface area (Å²) < 4.78 is 40.9. The van der Waals surface area contributed by atoms with Crippen molar-refractivity contribution >= 4 is 23.2 Å². The quantitative estimate of drug-likeness (QED) is 0.872. The first-order valence-corrected chi connectivity index (χ1v) is 7.27. The Morgan fingerprint density at radius 2 is 2.00 bits per heavy atom. The maximum absolute atomic E-state index is 12.2. The lowest BCUT2D eigenvalue weighted by Gasteiger charge is -2.11. The fourth-order valence-corrected chi connectivity index (χ4v) is 2.09. The normalized spacial score (nSPS) is 11.2. The van der Waals surface area contributed by atoms with Gasteiger partial charge in [0.15, 0.2) is 6.61 Å². The first-order valence-electron chi connectivity index (χ1n) is 6.89. The van der Waals surface area contributed by atoms with Crippen molar-refractivity contribution in [1.29, 1.82) is 0 Å². The van der Waals surface area contributed by atoms with E-state index in [1.54, 1.807) is 0 Å². The van der Waals surface area contributed by atoms with Gasteiger partial charge in [0.1, 0.15) is 5.02 Å². The molecule has 0 fully saturated rings. The van der Waals surface area contributed by atoms with Gasteiger partial charge in [-0.3, -0.25) is 4.79 Å². The van der Waals surface area contributed by atoms with Crippen LogP contribution < -0.4 is 10.1 Å². The number of aryl methyl sites for hydroxylation is 2. The summed E-state index contributed by atoms with van der Waals surface area (Å²) in [5, 5.41) is 2.54. The molecular formula is C16H14ClF3N2O2. The lowest BCUT2D eigenvalue weighted by molar-refractivity contribution is -0.154. The second kappa shape index (κ2) is 7.09. The second-order valence-electron chi connectivity index (χ2n) is 5.19. The fourth-order valence-electron chi connectivity index (χ4n) is 1.87. The van der Waals surface area contributed by atoms with Crippen LogP contribution in [0.5, 0.6) is 5.88 Å². The summed E-state index contributed by atoms with van der Waals surface area (Å²) in [4.78, 5) is 15.9. The van der Waals surface area contributed by atoms with Crippen LogP contribution in [0.2, 0.25) is 5.02 Å². The molecule has 1 heterocycles. The number of anilines is 1. The molecule has 0 unspecified atom stereocenters. The molecule has 128 valence electrons. The number of amides is 1. The van der Waals surface area contributed by atoms with E-state index in [9.17, 15) is 18.0 Å². The van der Waals surface area contributed by atoms with Crippen LogP contribution in [0.25, 0.3) is 0 Å². The lowest BCUT2D eigenvalue weighted by atomic mass is 10.1. The molecule has 0 spiro atoms. The summed E-state index contributed by atoms with van der Waals surface area (Å²) in [6, 6.07) is 6.80. The average molecular weight is 359 g/mol. The summed E-state index contributed by atoms with van der Waals surface area (Å²) in [7, 11) is 0. The highest BCUT2D eigenvalue weighted by Gasteiger charge is 2.29. The predicted octanol–water partition coefficient (Wildman–Crippen LogP) is 4.55. The molecule has 2 aromatic rings. The highest BCUT2D eigenvalue weighted by molar-refractivity contribution is 6.32. The van der Waals surface area contributed by atoms with E-state index in [1.165, 1.54) is 6.07 Å². The number of rotatable bonds is 4. The number of pyridine rings is 1. The van der Waals surface area contributed by atoms with Crippen LogP contribution in [-0.2, 0) is 0 Å². The van der Waals surface area contributed by atoms with Gasteiger partial charge in [-0.2, -0.15) is 13.2 Å². The van der Waals surface area contributed by atoms with Crippen LogP contribution in [-0.4, -0.2) is 23.7 Å². The Kier molecular flexibility index (Phi) is 5.33. The summed E-state index contributed by atoms with van der Waals surface area (Å²) in [6.45, 7) is 2.22. The minimum absolute atomic E-state index is 0.111. The van der Waals surface area contributed by atoms with Crippen molar-refractivity contribution in [2.24, 2.45) is 0 Å². The maximum Gasteiger partial charge on any atom is 0.422 e. The highest BCUT2D eigenvalue weighted by atomic mass is 35.5. The van der Waals surface area contributed by atoms with Gasteiger partial charge in [-0.15, -0.1) is 0 Å². The average Bonchev–Trinajstić information content (AvgIpc) is 2.48. The smallest absolute Gasteiger partial charge is 0.422 e. The van der Waals surface area contributed by atoms with Crippen molar-refractivity contribution in [3.8, 4) is 5.88 Å². The number of hydrogen-bond donors (Lipinski definition) is 1. The van der Waals surface area contributed by atoms with E-state index < -0.39 is 18.7 Å². The third-order valence-corrected chi connectivity index (χ3v) is 3.35. The van der Waals surface area contributed by atoms with E-state index >= 15 is 0 Å². The van der Waals surface area contributed by atoms with Gasteiger partial charge in [-0.05, 0) is 37.1 Å². The first kappa shape index (κ1) is 18.1. The molecule has 0 radical (unpaired) electrons. The molecule has 1 aromatic heterocycles. The predicted molar refractivity (Wildman–Crippen MR) is 84.7 cm³/mol. The number of carbonyl (C=O) groups is 1. The van der Waals surface area contributed by atoms with Gasteiger partial charge in [0, 0.05) is 11.9 Å². The number of halogens is 4. The van der Waals surface area contributed by atoms with Gasteiger partial charge in [0.2, 0.25) is 5.88 Å². The lowest BCUT2D eigenvalue weighted by Crippen LogP contribution is -2.20. The summed E-state index contributed by atoms with van der Waals surface area (Å²) in [6.07, 6.45) is -3.39. The number of hydrogen-bond acceptors (Lipinski definition) is 3. The number of nitrogens with one attached hydrogen (secondary N) is 1. The van der Waals surface area contributed by atoms with Crippen LogP contribution in [0, 0.1) is 13.8 Å². The fraction of sp³-hybridized carbons (Fsp3) is 0.250. The van der Waals surface area contributed by atoms with Gasteiger partial charge in [0.05, 0.1) is 5.56 Å². The van der Waals surface area contributed by atoms with E-state index in [2.05, 4.69) is 15.0 Å². The Morgan fingerprint density at radius 3 is 2.62 bits per heavy atom.